The van der Waals surface area contributed by atoms with Gasteiger partial charge in [0.25, 0.3) is 5.69 Å². The maximum Gasteiger partial charge on any atom is 0.271 e. The molecule has 25 heavy (non-hydrogen) atoms. The number of likely N-dealkylation sites (tertiary alicyclic amines) is 1. The maximum atomic E-state index is 10.9. The minimum Gasteiger partial charge on any atom is -0.349 e. The zero-order valence-corrected chi connectivity index (χ0v) is 14.7. The van der Waals surface area contributed by atoms with E-state index in [-0.39, 0.29) is 5.69 Å². The maximum absolute atomic E-state index is 10.9. The van der Waals surface area contributed by atoms with E-state index in [1.807, 2.05) is 6.07 Å². The standard InChI is InChI=1S/C19H21N3O2S/c23-22(24)18-8-4-7-17(14-18)20-19(25)21-11-9-16(10-12-21)13-15-5-2-1-3-6-15/h1-8,14,16H,9-13H2,(H,20,25). The predicted molar refractivity (Wildman–Crippen MR) is 104 cm³/mol. The van der Waals surface area contributed by atoms with Crippen molar-refractivity contribution in [2.24, 2.45) is 5.92 Å². The largest absolute Gasteiger partial charge is 0.349 e. The third kappa shape index (κ3) is 4.76. The van der Waals surface area contributed by atoms with Crippen molar-refractivity contribution >= 4 is 28.7 Å². The summed E-state index contributed by atoms with van der Waals surface area (Å²) < 4.78 is 0. The lowest BCUT2D eigenvalue weighted by Gasteiger charge is -2.34. The number of piperidine rings is 1. The molecule has 1 aliphatic rings. The van der Waals surface area contributed by atoms with E-state index in [9.17, 15) is 10.1 Å². The van der Waals surface area contributed by atoms with Gasteiger partial charge in [0.2, 0.25) is 0 Å². The minimum atomic E-state index is -0.400. The number of hydrogen-bond acceptors (Lipinski definition) is 3. The van der Waals surface area contributed by atoms with Crippen LogP contribution in [0.2, 0.25) is 0 Å². The number of hydrogen-bond donors (Lipinski definition) is 1. The Labute approximate surface area is 152 Å². The Balaban J connectivity index is 1.51. The molecule has 0 aliphatic carbocycles. The van der Waals surface area contributed by atoms with Gasteiger partial charge in [-0.05, 0) is 49.0 Å². The molecule has 0 unspecified atom stereocenters. The number of nitro benzene ring substituents is 1. The molecule has 1 fully saturated rings. The van der Waals surface area contributed by atoms with Crippen LogP contribution in [0.5, 0.6) is 0 Å². The third-order valence-electron chi connectivity index (χ3n) is 4.58. The van der Waals surface area contributed by atoms with E-state index < -0.39 is 4.92 Å². The van der Waals surface area contributed by atoms with Crippen LogP contribution in [0.3, 0.4) is 0 Å². The second kappa shape index (κ2) is 8.07. The van der Waals surface area contributed by atoms with Crippen molar-refractivity contribution in [1.29, 1.82) is 0 Å². The van der Waals surface area contributed by atoms with Gasteiger partial charge in [-0.15, -0.1) is 0 Å². The van der Waals surface area contributed by atoms with Crippen LogP contribution in [0.4, 0.5) is 11.4 Å². The SMILES string of the molecule is O=[N+]([O-])c1cccc(NC(=S)N2CCC(Cc3ccccc3)CC2)c1. The van der Waals surface area contributed by atoms with Crippen LogP contribution in [0.25, 0.3) is 0 Å². The second-order valence-corrected chi connectivity index (χ2v) is 6.74. The molecule has 0 atom stereocenters. The summed E-state index contributed by atoms with van der Waals surface area (Å²) in [4.78, 5) is 12.6. The highest BCUT2D eigenvalue weighted by molar-refractivity contribution is 7.80. The summed E-state index contributed by atoms with van der Waals surface area (Å²) in [5, 5.41) is 14.6. The number of nitro groups is 1. The first-order valence-corrected chi connectivity index (χ1v) is 8.87. The molecule has 6 heteroatoms. The Morgan fingerprint density at radius 2 is 1.88 bits per heavy atom. The minimum absolute atomic E-state index is 0.0642. The lowest BCUT2D eigenvalue weighted by molar-refractivity contribution is -0.384. The number of nitrogens with one attached hydrogen (secondary N) is 1. The van der Waals surface area contributed by atoms with E-state index in [0.29, 0.717) is 16.7 Å². The summed E-state index contributed by atoms with van der Waals surface area (Å²) in [7, 11) is 0. The summed E-state index contributed by atoms with van der Waals surface area (Å²) in [6.45, 7) is 1.83. The van der Waals surface area contributed by atoms with Crippen LogP contribution in [-0.4, -0.2) is 28.0 Å². The van der Waals surface area contributed by atoms with Crippen molar-refractivity contribution in [3.63, 3.8) is 0 Å². The number of anilines is 1. The van der Waals surface area contributed by atoms with Gasteiger partial charge in [0, 0.05) is 30.9 Å². The van der Waals surface area contributed by atoms with Crippen LogP contribution in [0.15, 0.2) is 54.6 Å². The fourth-order valence-electron chi connectivity index (χ4n) is 3.19. The molecule has 1 heterocycles. The first-order chi connectivity index (χ1) is 12.1. The normalized spacial score (nSPS) is 15.0. The first-order valence-electron chi connectivity index (χ1n) is 8.46. The topological polar surface area (TPSA) is 58.4 Å². The molecular weight excluding hydrogens is 334 g/mol. The van der Waals surface area contributed by atoms with Gasteiger partial charge in [-0.1, -0.05) is 36.4 Å². The van der Waals surface area contributed by atoms with Gasteiger partial charge in [0.1, 0.15) is 0 Å². The van der Waals surface area contributed by atoms with Crippen molar-refractivity contribution in [3.8, 4) is 0 Å². The number of thiocarbonyl (C=S) groups is 1. The Hall–Kier alpha value is -2.47. The fourth-order valence-corrected chi connectivity index (χ4v) is 3.49. The fraction of sp³-hybridized carbons (Fsp3) is 0.316. The van der Waals surface area contributed by atoms with Crippen LogP contribution in [0, 0.1) is 16.0 Å². The third-order valence-corrected chi connectivity index (χ3v) is 4.94. The van der Waals surface area contributed by atoms with E-state index >= 15 is 0 Å². The van der Waals surface area contributed by atoms with Gasteiger partial charge >= 0.3 is 0 Å². The summed E-state index contributed by atoms with van der Waals surface area (Å²) in [6, 6.07) is 17.0. The lowest BCUT2D eigenvalue weighted by atomic mass is 9.90. The molecule has 1 aliphatic heterocycles. The summed E-state index contributed by atoms with van der Waals surface area (Å²) in [5.74, 6) is 0.680. The zero-order valence-electron chi connectivity index (χ0n) is 13.9. The highest BCUT2D eigenvalue weighted by atomic mass is 32.1. The molecular formula is C19H21N3O2S. The van der Waals surface area contributed by atoms with Gasteiger partial charge in [0.15, 0.2) is 5.11 Å². The molecule has 0 amide bonds. The Kier molecular flexibility index (Phi) is 5.60. The molecule has 130 valence electrons. The smallest absolute Gasteiger partial charge is 0.271 e. The van der Waals surface area contributed by atoms with Crippen LogP contribution < -0.4 is 5.32 Å². The molecule has 1 N–H and O–H groups in total. The molecule has 3 rings (SSSR count). The number of non-ortho nitro benzene ring substituents is 1. The predicted octanol–water partition coefficient (Wildman–Crippen LogP) is 4.25. The van der Waals surface area contributed by atoms with Crippen molar-refractivity contribution in [2.45, 2.75) is 19.3 Å². The zero-order chi connectivity index (χ0) is 17.6. The van der Waals surface area contributed by atoms with Crippen LogP contribution >= 0.6 is 12.2 Å². The average Bonchev–Trinajstić information content (AvgIpc) is 2.63. The van der Waals surface area contributed by atoms with Gasteiger partial charge < -0.3 is 10.2 Å². The molecule has 0 radical (unpaired) electrons. The van der Waals surface area contributed by atoms with Crippen LogP contribution in [-0.2, 0) is 6.42 Å². The number of rotatable bonds is 4. The van der Waals surface area contributed by atoms with Crippen molar-refractivity contribution < 1.29 is 4.92 Å². The number of benzene rings is 2. The molecule has 0 bridgehead atoms. The average molecular weight is 355 g/mol. The highest BCUT2D eigenvalue weighted by Crippen LogP contribution is 2.23. The summed E-state index contributed by atoms with van der Waals surface area (Å²) in [6.07, 6.45) is 3.32. The first kappa shape index (κ1) is 17.4. The Morgan fingerprint density at radius 1 is 1.16 bits per heavy atom. The summed E-state index contributed by atoms with van der Waals surface area (Å²) in [5.41, 5.74) is 2.11. The quantitative estimate of drug-likeness (QED) is 0.505. The van der Waals surface area contributed by atoms with Crippen molar-refractivity contribution in [1.82, 2.24) is 4.90 Å². The van der Waals surface area contributed by atoms with E-state index in [1.165, 1.54) is 17.7 Å². The van der Waals surface area contributed by atoms with Gasteiger partial charge in [-0.3, -0.25) is 10.1 Å². The van der Waals surface area contributed by atoms with Crippen molar-refractivity contribution in [2.75, 3.05) is 18.4 Å². The molecule has 2 aromatic rings. The molecule has 2 aromatic carbocycles. The van der Waals surface area contributed by atoms with Gasteiger partial charge in [0.05, 0.1) is 4.92 Å². The molecule has 1 saturated heterocycles. The Morgan fingerprint density at radius 3 is 2.56 bits per heavy atom. The monoisotopic (exact) mass is 355 g/mol. The van der Waals surface area contributed by atoms with E-state index in [2.05, 4.69) is 34.5 Å². The summed E-state index contributed by atoms with van der Waals surface area (Å²) >= 11 is 5.48. The van der Waals surface area contributed by atoms with Gasteiger partial charge in [-0.2, -0.15) is 0 Å². The van der Waals surface area contributed by atoms with E-state index in [4.69, 9.17) is 12.2 Å². The number of nitrogens with zero attached hydrogens (tertiary/aromatic N) is 2. The van der Waals surface area contributed by atoms with Crippen LogP contribution in [0.1, 0.15) is 18.4 Å². The van der Waals surface area contributed by atoms with Crippen molar-refractivity contribution in [3.05, 3.63) is 70.3 Å². The lowest BCUT2D eigenvalue weighted by Crippen LogP contribution is -2.41. The highest BCUT2D eigenvalue weighted by Gasteiger charge is 2.21. The van der Waals surface area contributed by atoms with E-state index in [0.717, 1.165) is 32.4 Å². The van der Waals surface area contributed by atoms with Gasteiger partial charge in [-0.25, -0.2) is 0 Å². The van der Waals surface area contributed by atoms with E-state index in [1.54, 1.807) is 12.1 Å². The molecule has 0 spiro atoms. The second-order valence-electron chi connectivity index (χ2n) is 6.36. The molecule has 5 nitrogen and oxygen atoms in total. The molecule has 0 saturated carbocycles. The Bertz CT molecular complexity index is 743. The molecule has 0 aromatic heterocycles.